The summed E-state index contributed by atoms with van der Waals surface area (Å²) in [6, 6.07) is 4.01. The molecule has 0 aromatic heterocycles. The summed E-state index contributed by atoms with van der Waals surface area (Å²) in [5, 5.41) is 0. The number of hydrogen-bond acceptors (Lipinski definition) is 2. The van der Waals surface area contributed by atoms with E-state index in [1.54, 1.807) is 14.2 Å². The van der Waals surface area contributed by atoms with Crippen LogP contribution < -0.4 is 9.47 Å². The van der Waals surface area contributed by atoms with Gasteiger partial charge in [0.05, 0.1) is 14.2 Å². The highest BCUT2D eigenvalue weighted by Crippen LogP contribution is 2.92. The number of ether oxygens (including phenoxy) is 2. The molecule has 114 valence electrons. The van der Waals surface area contributed by atoms with E-state index < -0.39 is 4.33 Å². The number of alkyl halides is 2. The van der Waals surface area contributed by atoms with E-state index in [0.717, 1.165) is 24.3 Å². The van der Waals surface area contributed by atoms with Crippen molar-refractivity contribution in [3.05, 3.63) is 23.3 Å². The quantitative estimate of drug-likeness (QED) is 0.721. The van der Waals surface area contributed by atoms with Gasteiger partial charge in [-0.3, -0.25) is 0 Å². The van der Waals surface area contributed by atoms with E-state index in [-0.39, 0.29) is 10.8 Å². The molecule has 21 heavy (non-hydrogen) atoms. The second-order valence-corrected chi connectivity index (χ2v) is 8.38. The summed E-state index contributed by atoms with van der Waals surface area (Å²) in [5.41, 5.74) is 2.39. The number of halogens is 2. The Morgan fingerprint density at radius 3 is 1.62 bits per heavy atom. The Morgan fingerprint density at radius 1 is 0.952 bits per heavy atom. The van der Waals surface area contributed by atoms with Gasteiger partial charge >= 0.3 is 0 Å². The Bertz CT molecular complexity index is 581. The van der Waals surface area contributed by atoms with Gasteiger partial charge in [-0.05, 0) is 36.8 Å². The average molecular weight is 327 g/mol. The van der Waals surface area contributed by atoms with Crippen molar-refractivity contribution in [1.82, 2.24) is 0 Å². The van der Waals surface area contributed by atoms with Gasteiger partial charge in [0, 0.05) is 22.0 Å². The van der Waals surface area contributed by atoms with Gasteiger partial charge in [0.25, 0.3) is 0 Å². The summed E-state index contributed by atoms with van der Waals surface area (Å²) in [5.74, 6) is 2.63. The predicted octanol–water partition coefficient (Wildman–Crippen LogP) is 4.88. The van der Waals surface area contributed by atoms with Crippen LogP contribution in [0.25, 0.3) is 0 Å². The third-order valence-electron chi connectivity index (χ3n) is 6.46. The Hall–Kier alpha value is -0.600. The van der Waals surface area contributed by atoms with Gasteiger partial charge in [-0.2, -0.15) is 0 Å². The van der Waals surface area contributed by atoms with Crippen molar-refractivity contribution in [2.24, 2.45) is 10.8 Å². The lowest BCUT2D eigenvalue weighted by molar-refractivity contribution is 0.337. The first-order valence-corrected chi connectivity index (χ1v) is 8.24. The Morgan fingerprint density at radius 2 is 1.33 bits per heavy atom. The zero-order valence-electron chi connectivity index (χ0n) is 12.8. The molecular weight excluding hydrogens is 307 g/mol. The van der Waals surface area contributed by atoms with Gasteiger partial charge in [0.2, 0.25) is 0 Å². The zero-order valence-corrected chi connectivity index (χ0v) is 14.3. The molecule has 0 radical (unpaired) electrons. The summed E-state index contributed by atoms with van der Waals surface area (Å²) in [7, 11) is 3.46. The molecule has 0 N–H and O–H groups in total. The van der Waals surface area contributed by atoms with Crippen molar-refractivity contribution in [3.8, 4) is 11.5 Å². The van der Waals surface area contributed by atoms with E-state index in [1.165, 1.54) is 11.1 Å². The fraction of sp³-hybridized carbons (Fsp3) is 0.647. The van der Waals surface area contributed by atoms with Gasteiger partial charge < -0.3 is 9.47 Å². The van der Waals surface area contributed by atoms with Crippen molar-refractivity contribution in [2.75, 3.05) is 14.2 Å². The predicted molar refractivity (Wildman–Crippen MR) is 84.9 cm³/mol. The highest BCUT2D eigenvalue weighted by Gasteiger charge is 2.90. The second-order valence-electron chi connectivity index (χ2n) is 7.05. The van der Waals surface area contributed by atoms with Crippen molar-refractivity contribution >= 4 is 23.2 Å². The molecule has 4 heteroatoms. The zero-order chi connectivity index (χ0) is 15.2. The van der Waals surface area contributed by atoms with Crippen molar-refractivity contribution < 1.29 is 9.47 Å². The molecule has 2 saturated carbocycles. The molecule has 1 spiro atoms. The minimum Gasteiger partial charge on any atom is -0.496 e. The fourth-order valence-corrected chi connectivity index (χ4v) is 6.80. The highest BCUT2D eigenvalue weighted by atomic mass is 35.5. The van der Waals surface area contributed by atoms with Crippen LogP contribution in [0.15, 0.2) is 12.1 Å². The maximum Gasteiger partial charge on any atom is 0.131 e. The SMILES string of the molecule is COc1ccc(OC)c2c1[C@H]1CC[C@H]2C12C(C)(C)C2(Cl)Cl. The number of benzene rings is 1. The topological polar surface area (TPSA) is 18.5 Å². The molecule has 0 amide bonds. The Kier molecular flexibility index (Phi) is 2.56. The average Bonchev–Trinajstić information content (AvgIpc) is 2.86. The molecular formula is C17H20Cl2O2. The maximum atomic E-state index is 6.79. The largest absolute Gasteiger partial charge is 0.496 e. The van der Waals surface area contributed by atoms with Crippen LogP contribution in [0.5, 0.6) is 11.5 Å². The summed E-state index contributed by atoms with van der Waals surface area (Å²) in [6.07, 6.45) is 2.26. The van der Waals surface area contributed by atoms with E-state index in [9.17, 15) is 0 Å². The first kappa shape index (κ1) is 14.0. The minimum atomic E-state index is -0.680. The van der Waals surface area contributed by atoms with Crippen LogP contribution >= 0.6 is 23.2 Å². The molecule has 0 heterocycles. The highest BCUT2D eigenvalue weighted by molar-refractivity contribution is 6.52. The van der Waals surface area contributed by atoms with Crippen LogP contribution in [0.3, 0.4) is 0 Å². The first-order valence-electron chi connectivity index (χ1n) is 7.48. The van der Waals surface area contributed by atoms with Gasteiger partial charge in [-0.1, -0.05) is 13.8 Å². The van der Waals surface area contributed by atoms with E-state index >= 15 is 0 Å². The minimum absolute atomic E-state index is 0.0760. The molecule has 2 fully saturated rings. The monoisotopic (exact) mass is 326 g/mol. The van der Waals surface area contributed by atoms with Gasteiger partial charge in [0.15, 0.2) is 0 Å². The van der Waals surface area contributed by atoms with Gasteiger partial charge in [-0.15, -0.1) is 23.2 Å². The molecule has 4 rings (SSSR count). The van der Waals surface area contributed by atoms with Gasteiger partial charge in [-0.25, -0.2) is 0 Å². The van der Waals surface area contributed by atoms with E-state index in [0.29, 0.717) is 11.8 Å². The van der Waals surface area contributed by atoms with E-state index in [4.69, 9.17) is 32.7 Å². The molecule has 2 nitrogen and oxygen atoms in total. The molecule has 2 atom stereocenters. The fourth-order valence-electron chi connectivity index (χ4n) is 5.59. The molecule has 0 unspecified atom stereocenters. The summed E-state index contributed by atoms with van der Waals surface area (Å²) >= 11 is 13.6. The van der Waals surface area contributed by atoms with Crippen LogP contribution in [-0.2, 0) is 0 Å². The normalized spacial score (nSPS) is 36.7. The smallest absolute Gasteiger partial charge is 0.131 e. The molecule has 0 aliphatic heterocycles. The van der Waals surface area contributed by atoms with Crippen LogP contribution in [0.2, 0.25) is 0 Å². The number of rotatable bonds is 2. The number of fused-ring (bicyclic) bond motifs is 3. The van der Waals surface area contributed by atoms with E-state index in [2.05, 4.69) is 13.8 Å². The first-order chi connectivity index (χ1) is 9.86. The van der Waals surface area contributed by atoms with Crippen molar-refractivity contribution in [3.63, 3.8) is 0 Å². The molecule has 3 aliphatic carbocycles. The third kappa shape index (κ3) is 1.19. The van der Waals surface area contributed by atoms with Crippen LogP contribution in [0, 0.1) is 10.8 Å². The lowest BCUT2D eigenvalue weighted by Crippen LogP contribution is -2.14. The third-order valence-corrected chi connectivity index (χ3v) is 8.03. The molecule has 1 aromatic rings. The Labute approximate surface area is 135 Å². The van der Waals surface area contributed by atoms with E-state index in [1.807, 2.05) is 12.1 Å². The van der Waals surface area contributed by atoms with Gasteiger partial charge in [0.1, 0.15) is 15.8 Å². The molecule has 0 saturated heterocycles. The van der Waals surface area contributed by atoms with Crippen molar-refractivity contribution in [2.45, 2.75) is 42.9 Å². The summed E-state index contributed by atoms with van der Waals surface area (Å²) in [6.45, 7) is 4.40. The maximum absolute atomic E-state index is 6.79. The lowest BCUT2D eigenvalue weighted by atomic mass is 9.83. The molecule has 1 aromatic carbocycles. The molecule has 2 bridgehead atoms. The van der Waals surface area contributed by atoms with Crippen molar-refractivity contribution in [1.29, 1.82) is 0 Å². The molecule has 3 aliphatic rings. The Balaban J connectivity index is 1.99. The summed E-state index contributed by atoms with van der Waals surface area (Å²) in [4.78, 5) is 0. The summed E-state index contributed by atoms with van der Waals surface area (Å²) < 4.78 is 10.6. The number of methoxy groups -OCH3 is 2. The number of hydrogen-bond donors (Lipinski definition) is 0. The van der Waals surface area contributed by atoms with Crippen LogP contribution in [-0.4, -0.2) is 18.6 Å². The van der Waals surface area contributed by atoms with Crippen LogP contribution in [0.4, 0.5) is 0 Å². The second kappa shape index (κ2) is 3.83. The lowest BCUT2D eigenvalue weighted by Gasteiger charge is -2.20. The van der Waals surface area contributed by atoms with Crippen LogP contribution in [0.1, 0.15) is 49.7 Å². The standard InChI is InChI=1S/C17H20Cl2O2/c1-15(2)16(17(15,18)19)9-5-6-10(16)14-12(21-4)8-7-11(20-3)13(9)14/h7-10H,5-6H2,1-4H3/t9-,10-/m1/s1.